The first-order valence-electron chi connectivity index (χ1n) is 5.52. The highest BCUT2D eigenvalue weighted by Crippen LogP contribution is 2.05. The Labute approximate surface area is 92.7 Å². The number of aliphatic carboxylic acids is 1. The molecule has 0 saturated carbocycles. The fourth-order valence-electron chi connectivity index (χ4n) is 1.47. The van der Waals surface area contributed by atoms with Crippen LogP contribution in [0.25, 0.3) is 0 Å². The predicted molar refractivity (Wildman–Crippen MR) is 62.0 cm³/mol. The molecule has 0 bridgehead atoms. The van der Waals surface area contributed by atoms with Crippen molar-refractivity contribution in [1.29, 1.82) is 0 Å². The van der Waals surface area contributed by atoms with Crippen LogP contribution in [-0.4, -0.2) is 48.7 Å². The Morgan fingerprint density at radius 1 is 1.40 bits per heavy atom. The van der Waals surface area contributed by atoms with Crippen molar-refractivity contribution in [2.45, 2.75) is 39.3 Å². The number of nitrogens with zero attached hydrogens (tertiary/aromatic N) is 1. The van der Waals surface area contributed by atoms with Gasteiger partial charge < -0.3 is 15.3 Å². The number of hydrogen-bond acceptors (Lipinski definition) is 3. The third-order valence-electron chi connectivity index (χ3n) is 2.49. The van der Waals surface area contributed by atoms with Gasteiger partial charge in [0, 0.05) is 12.6 Å². The molecule has 0 aliphatic carbocycles. The van der Waals surface area contributed by atoms with Gasteiger partial charge in [0.15, 0.2) is 0 Å². The molecule has 0 radical (unpaired) electrons. The zero-order valence-electron chi connectivity index (χ0n) is 10.4. The van der Waals surface area contributed by atoms with Gasteiger partial charge in [-0.3, -0.25) is 4.79 Å². The first-order valence-corrected chi connectivity index (χ1v) is 5.52. The fourth-order valence-corrected chi connectivity index (χ4v) is 1.47. The van der Waals surface area contributed by atoms with Gasteiger partial charge >= 0.3 is 5.97 Å². The summed E-state index contributed by atoms with van der Waals surface area (Å²) in [5.41, 5.74) is 0. The van der Waals surface area contributed by atoms with Gasteiger partial charge in [-0.1, -0.05) is 20.8 Å². The van der Waals surface area contributed by atoms with E-state index in [0.29, 0.717) is 12.3 Å². The lowest BCUT2D eigenvalue weighted by atomic mass is 10.0. The predicted octanol–water partition coefficient (Wildman–Crippen LogP) is 1.03. The van der Waals surface area contributed by atoms with Crippen LogP contribution < -0.4 is 5.32 Å². The Kier molecular flexibility index (Phi) is 6.52. The van der Waals surface area contributed by atoms with E-state index in [0.717, 1.165) is 6.54 Å². The molecule has 0 fully saturated rings. The van der Waals surface area contributed by atoms with E-state index >= 15 is 0 Å². The van der Waals surface area contributed by atoms with Gasteiger partial charge in [0.25, 0.3) is 0 Å². The molecule has 0 aliphatic rings. The van der Waals surface area contributed by atoms with Crippen molar-refractivity contribution >= 4 is 5.97 Å². The van der Waals surface area contributed by atoms with Gasteiger partial charge in [0.05, 0.1) is 0 Å². The molecule has 0 saturated heterocycles. The van der Waals surface area contributed by atoms with Gasteiger partial charge in [0.1, 0.15) is 6.04 Å². The van der Waals surface area contributed by atoms with Crippen molar-refractivity contribution in [3.8, 4) is 0 Å². The topological polar surface area (TPSA) is 52.6 Å². The molecule has 4 heteroatoms. The van der Waals surface area contributed by atoms with Crippen molar-refractivity contribution in [2.24, 2.45) is 5.92 Å². The SMILES string of the molecule is CCC(NC(CN(C)C)C(C)C)C(=O)O. The zero-order valence-corrected chi connectivity index (χ0v) is 10.4. The van der Waals surface area contributed by atoms with E-state index in [1.54, 1.807) is 0 Å². The highest BCUT2D eigenvalue weighted by atomic mass is 16.4. The molecule has 2 atom stereocenters. The summed E-state index contributed by atoms with van der Waals surface area (Å²) in [5.74, 6) is -0.331. The zero-order chi connectivity index (χ0) is 12.0. The molecule has 0 aromatic rings. The lowest BCUT2D eigenvalue weighted by Gasteiger charge is -2.28. The Hall–Kier alpha value is -0.610. The van der Waals surface area contributed by atoms with E-state index in [1.807, 2.05) is 21.0 Å². The van der Waals surface area contributed by atoms with Gasteiger partial charge in [-0.05, 0) is 26.4 Å². The van der Waals surface area contributed by atoms with E-state index < -0.39 is 12.0 Å². The molecule has 2 unspecified atom stereocenters. The quantitative estimate of drug-likeness (QED) is 0.667. The molecule has 2 N–H and O–H groups in total. The molecule has 4 nitrogen and oxygen atoms in total. The van der Waals surface area contributed by atoms with Crippen LogP contribution in [0, 0.1) is 5.92 Å². The van der Waals surface area contributed by atoms with Gasteiger partial charge in [-0.25, -0.2) is 0 Å². The number of rotatable bonds is 7. The van der Waals surface area contributed by atoms with Crippen molar-refractivity contribution < 1.29 is 9.90 Å². The van der Waals surface area contributed by atoms with Gasteiger partial charge in [0.2, 0.25) is 0 Å². The van der Waals surface area contributed by atoms with Crippen LogP contribution in [0.2, 0.25) is 0 Å². The standard InChI is InChI=1S/C11H24N2O2/c1-6-9(11(14)15)12-10(8(2)3)7-13(4)5/h8-10,12H,6-7H2,1-5H3,(H,14,15). The summed E-state index contributed by atoms with van der Waals surface area (Å²) in [7, 11) is 4.00. The summed E-state index contributed by atoms with van der Waals surface area (Å²) >= 11 is 0. The van der Waals surface area contributed by atoms with E-state index in [-0.39, 0.29) is 6.04 Å². The number of carboxylic acid groups (broad SMARTS) is 1. The van der Waals surface area contributed by atoms with E-state index in [2.05, 4.69) is 24.1 Å². The average Bonchev–Trinajstić information content (AvgIpc) is 2.10. The summed E-state index contributed by atoms with van der Waals surface area (Å²) in [6, 6.07) is -0.210. The highest BCUT2D eigenvalue weighted by molar-refractivity contribution is 5.73. The molecular weight excluding hydrogens is 192 g/mol. The molecule has 90 valence electrons. The molecule has 0 aromatic heterocycles. The molecule has 0 aromatic carbocycles. The second-order valence-corrected chi connectivity index (χ2v) is 4.58. The summed E-state index contributed by atoms with van der Waals surface area (Å²) in [5, 5.41) is 12.2. The number of carboxylic acids is 1. The molecular formula is C11H24N2O2. The minimum Gasteiger partial charge on any atom is -0.480 e. The maximum atomic E-state index is 10.9. The summed E-state index contributed by atoms with van der Waals surface area (Å²) in [6.07, 6.45) is 0.617. The summed E-state index contributed by atoms with van der Waals surface area (Å²) in [4.78, 5) is 13.0. The third-order valence-corrected chi connectivity index (χ3v) is 2.49. The van der Waals surface area contributed by atoms with Crippen LogP contribution >= 0.6 is 0 Å². The van der Waals surface area contributed by atoms with Crippen LogP contribution in [0.1, 0.15) is 27.2 Å². The van der Waals surface area contributed by atoms with Crippen molar-refractivity contribution in [3.63, 3.8) is 0 Å². The normalized spacial score (nSPS) is 15.7. The minimum absolute atomic E-state index is 0.223. The van der Waals surface area contributed by atoms with Crippen LogP contribution in [0.4, 0.5) is 0 Å². The van der Waals surface area contributed by atoms with Crippen molar-refractivity contribution in [3.05, 3.63) is 0 Å². The molecule has 0 amide bonds. The lowest BCUT2D eigenvalue weighted by molar-refractivity contribution is -0.139. The van der Waals surface area contributed by atoms with Crippen molar-refractivity contribution in [1.82, 2.24) is 10.2 Å². The first-order chi connectivity index (χ1) is 6.88. The Morgan fingerprint density at radius 2 is 1.93 bits per heavy atom. The molecule has 0 rings (SSSR count). The number of likely N-dealkylation sites (N-methyl/N-ethyl adjacent to an activating group) is 1. The van der Waals surface area contributed by atoms with Crippen molar-refractivity contribution in [2.75, 3.05) is 20.6 Å². The minimum atomic E-state index is -0.762. The maximum Gasteiger partial charge on any atom is 0.320 e. The third kappa shape index (κ3) is 5.74. The number of carbonyl (C=O) groups is 1. The Bertz CT molecular complexity index is 193. The number of hydrogen-bond donors (Lipinski definition) is 2. The lowest BCUT2D eigenvalue weighted by Crippen LogP contribution is -2.49. The maximum absolute atomic E-state index is 10.9. The van der Waals surface area contributed by atoms with Crippen LogP contribution in [0.3, 0.4) is 0 Å². The molecule has 0 spiro atoms. The molecule has 0 heterocycles. The summed E-state index contributed by atoms with van der Waals surface area (Å²) < 4.78 is 0. The number of nitrogens with one attached hydrogen (secondary N) is 1. The smallest absolute Gasteiger partial charge is 0.320 e. The van der Waals surface area contributed by atoms with Crippen LogP contribution in [-0.2, 0) is 4.79 Å². The second kappa shape index (κ2) is 6.80. The largest absolute Gasteiger partial charge is 0.480 e. The summed E-state index contributed by atoms with van der Waals surface area (Å²) in [6.45, 7) is 6.96. The van der Waals surface area contributed by atoms with Crippen LogP contribution in [0.5, 0.6) is 0 Å². The average molecular weight is 216 g/mol. The Balaban J connectivity index is 4.31. The monoisotopic (exact) mass is 216 g/mol. The molecule has 15 heavy (non-hydrogen) atoms. The van der Waals surface area contributed by atoms with Gasteiger partial charge in [-0.2, -0.15) is 0 Å². The van der Waals surface area contributed by atoms with Crippen LogP contribution in [0.15, 0.2) is 0 Å². The second-order valence-electron chi connectivity index (χ2n) is 4.58. The van der Waals surface area contributed by atoms with E-state index in [1.165, 1.54) is 0 Å². The van der Waals surface area contributed by atoms with E-state index in [9.17, 15) is 4.79 Å². The Morgan fingerprint density at radius 3 is 2.20 bits per heavy atom. The fraction of sp³-hybridized carbons (Fsp3) is 0.909. The van der Waals surface area contributed by atoms with E-state index in [4.69, 9.17) is 5.11 Å². The highest BCUT2D eigenvalue weighted by Gasteiger charge is 2.22. The first kappa shape index (κ1) is 14.4. The molecule has 0 aliphatic heterocycles. The van der Waals surface area contributed by atoms with Gasteiger partial charge in [-0.15, -0.1) is 0 Å².